The van der Waals surface area contributed by atoms with E-state index in [0.717, 1.165) is 0 Å². The highest BCUT2D eigenvalue weighted by Gasteiger charge is 2.49. The Bertz CT molecular complexity index is 460. The van der Waals surface area contributed by atoms with Crippen molar-refractivity contribution in [3.63, 3.8) is 0 Å². The summed E-state index contributed by atoms with van der Waals surface area (Å²) in [6.07, 6.45) is -13.4. The molecule has 0 radical (unpaired) electrons. The van der Waals surface area contributed by atoms with Gasteiger partial charge in [-0.25, -0.2) is 9.78 Å². The number of aliphatic hydroxyl groups is 7. The summed E-state index contributed by atoms with van der Waals surface area (Å²) >= 11 is 0. The smallest absolute Gasteiger partial charge is 0.220 e. The molecule has 0 amide bonds. The molecule has 2 fully saturated rings. The van der Waals surface area contributed by atoms with E-state index in [2.05, 4.69) is 6.58 Å². The van der Waals surface area contributed by atoms with Gasteiger partial charge in [-0.3, -0.25) is 0 Å². The van der Waals surface area contributed by atoms with Crippen LogP contribution in [0.15, 0.2) is 12.7 Å². The van der Waals surface area contributed by atoms with Crippen LogP contribution >= 0.6 is 0 Å². The van der Waals surface area contributed by atoms with Crippen molar-refractivity contribution in [2.75, 3.05) is 19.8 Å². The molecule has 10 atom stereocenters. The van der Waals surface area contributed by atoms with Crippen LogP contribution in [0.1, 0.15) is 0 Å². The lowest BCUT2D eigenvalue weighted by Crippen LogP contribution is -2.62. The molecule has 0 bridgehead atoms. The zero-order valence-corrected chi connectivity index (χ0v) is 14.4. The fourth-order valence-electron chi connectivity index (χ4n) is 2.74. The minimum atomic E-state index is -1.73. The maximum Gasteiger partial charge on any atom is 0.220 e. The van der Waals surface area contributed by atoms with E-state index in [1.54, 1.807) is 0 Å². The van der Waals surface area contributed by atoms with Gasteiger partial charge in [-0.1, -0.05) is 6.08 Å². The number of ether oxygens (including phenoxy) is 3. The van der Waals surface area contributed by atoms with Crippen LogP contribution < -0.4 is 0 Å². The molecule has 0 aliphatic carbocycles. The predicted octanol–water partition coefficient (Wildman–Crippen LogP) is -4.26. The van der Waals surface area contributed by atoms with Gasteiger partial charge in [-0.05, 0) is 0 Å². The molecule has 2 saturated heterocycles. The zero-order valence-electron chi connectivity index (χ0n) is 14.4. The Labute approximate surface area is 154 Å². The Morgan fingerprint density at radius 3 is 1.93 bits per heavy atom. The largest absolute Gasteiger partial charge is 0.394 e. The van der Waals surface area contributed by atoms with Crippen LogP contribution in [0.25, 0.3) is 0 Å². The van der Waals surface area contributed by atoms with Crippen LogP contribution in [0.2, 0.25) is 0 Å². The maximum atomic E-state index is 10.2. The third kappa shape index (κ3) is 5.00. The number of rotatable bonds is 8. The maximum absolute atomic E-state index is 10.2. The van der Waals surface area contributed by atoms with Gasteiger partial charge in [-0.15, -0.1) is 6.58 Å². The predicted molar refractivity (Wildman–Crippen MR) is 83.6 cm³/mol. The van der Waals surface area contributed by atoms with Crippen LogP contribution in [0.5, 0.6) is 0 Å². The highest BCUT2D eigenvalue weighted by molar-refractivity contribution is 4.91. The molecule has 1 unspecified atom stereocenters. The molecule has 2 rings (SSSR count). The second-order valence-corrected chi connectivity index (χ2v) is 6.18. The summed E-state index contributed by atoms with van der Waals surface area (Å²) in [5.74, 6) is 0. The summed E-state index contributed by atoms with van der Waals surface area (Å²) in [4.78, 5) is 9.86. The molecule has 7 N–H and O–H groups in total. The Morgan fingerprint density at radius 1 is 0.741 bits per heavy atom. The molecule has 0 aromatic rings. The van der Waals surface area contributed by atoms with E-state index in [0.29, 0.717) is 0 Å². The lowest BCUT2D eigenvalue weighted by molar-refractivity contribution is -0.464. The Morgan fingerprint density at radius 2 is 1.33 bits per heavy atom. The molecule has 12 nitrogen and oxygen atoms in total. The summed E-state index contributed by atoms with van der Waals surface area (Å²) < 4.78 is 15.5. The SMILES string of the molecule is C=CCO[C@H]1O[C@H](CO)[C@@H](OOC2O[C@H](CO)[C@@H](O)[C@H](O)[C@H]2O)[C@H](O)[C@H]1O. The quantitative estimate of drug-likeness (QED) is 0.119. The van der Waals surface area contributed by atoms with Crippen molar-refractivity contribution in [3.8, 4) is 0 Å². The summed E-state index contributed by atoms with van der Waals surface area (Å²) in [5.41, 5.74) is 0. The third-order valence-electron chi connectivity index (χ3n) is 4.31. The normalized spacial score (nSPS) is 45.6. The Kier molecular flexibility index (Phi) is 8.48. The molecule has 27 heavy (non-hydrogen) atoms. The van der Waals surface area contributed by atoms with Crippen molar-refractivity contribution < 1.29 is 59.7 Å². The van der Waals surface area contributed by atoms with Crippen molar-refractivity contribution in [2.24, 2.45) is 0 Å². The molecule has 0 saturated carbocycles. The Hall–Kier alpha value is -0.740. The molecule has 0 aromatic heterocycles. The van der Waals surface area contributed by atoms with Gasteiger partial charge < -0.3 is 50.0 Å². The lowest BCUT2D eigenvalue weighted by atomic mass is 9.99. The van der Waals surface area contributed by atoms with Crippen molar-refractivity contribution in [1.82, 2.24) is 0 Å². The molecule has 2 heterocycles. The minimum absolute atomic E-state index is 0.0273. The summed E-state index contributed by atoms with van der Waals surface area (Å²) in [5, 5.41) is 68.1. The van der Waals surface area contributed by atoms with E-state index in [1.165, 1.54) is 6.08 Å². The van der Waals surface area contributed by atoms with E-state index in [-0.39, 0.29) is 6.61 Å². The summed E-state index contributed by atoms with van der Waals surface area (Å²) in [7, 11) is 0. The van der Waals surface area contributed by atoms with Crippen molar-refractivity contribution in [3.05, 3.63) is 12.7 Å². The standard InChI is InChI=1S/C15H26O12/c1-2-3-23-14-12(22)10(20)13(7(5-17)25-14)26-27-15-11(21)9(19)8(18)6(4-16)24-15/h2,6-22H,1,3-5H2/t6-,7-,8-,9+,10-,11-,12-,13-,14+,15?/m1/s1. The van der Waals surface area contributed by atoms with Gasteiger partial charge in [0.2, 0.25) is 6.29 Å². The second-order valence-electron chi connectivity index (χ2n) is 6.18. The first-order valence-electron chi connectivity index (χ1n) is 8.33. The van der Waals surface area contributed by atoms with Crippen LogP contribution in [0.3, 0.4) is 0 Å². The van der Waals surface area contributed by atoms with Gasteiger partial charge in [0.15, 0.2) is 6.29 Å². The minimum Gasteiger partial charge on any atom is -0.394 e. The molecule has 158 valence electrons. The number of hydrogen-bond donors (Lipinski definition) is 7. The van der Waals surface area contributed by atoms with E-state index < -0.39 is 74.6 Å². The molecular weight excluding hydrogens is 372 g/mol. The molecule has 2 aliphatic heterocycles. The molecule has 2 aliphatic rings. The van der Waals surface area contributed by atoms with Crippen LogP contribution in [0, 0.1) is 0 Å². The van der Waals surface area contributed by atoms with Gasteiger partial charge in [0.1, 0.15) is 48.8 Å². The fourth-order valence-corrected chi connectivity index (χ4v) is 2.74. The van der Waals surface area contributed by atoms with Gasteiger partial charge in [-0.2, -0.15) is 0 Å². The Balaban J connectivity index is 1.99. The molecule has 0 spiro atoms. The van der Waals surface area contributed by atoms with Crippen LogP contribution in [-0.2, 0) is 24.0 Å². The average Bonchev–Trinajstić information content (AvgIpc) is 2.67. The fraction of sp³-hybridized carbons (Fsp3) is 0.867. The van der Waals surface area contributed by atoms with Gasteiger partial charge >= 0.3 is 0 Å². The van der Waals surface area contributed by atoms with Gasteiger partial charge in [0.25, 0.3) is 0 Å². The van der Waals surface area contributed by atoms with Crippen molar-refractivity contribution in [2.45, 2.75) is 61.4 Å². The summed E-state index contributed by atoms with van der Waals surface area (Å²) in [6, 6.07) is 0. The zero-order chi connectivity index (χ0) is 20.1. The first kappa shape index (κ1) is 22.5. The highest BCUT2D eigenvalue weighted by Crippen LogP contribution is 2.27. The van der Waals surface area contributed by atoms with Crippen molar-refractivity contribution in [1.29, 1.82) is 0 Å². The topological polar surface area (TPSA) is 188 Å². The van der Waals surface area contributed by atoms with Gasteiger partial charge in [0.05, 0.1) is 19.8 Å². The monoisotopic (exact) mass is 398 g/mol. The van der Waals surface area contributed by atoms with Crippen LogP contribution in [0.4, 0.5) is 0 Å². The first-order valence-corrected chi connectivity index (χ1v) is 8.33. The molecular formula is C15H26O12. The summed E-state index contributed by atoms with van der Waals surface area (Å²) in [6.45, 7) is 2.18. The molecule has 0 aromatic carbocycles. The van der Waals surface area contributed by atoms with E-state index in [4.69, 9.17) is 29.1 Å². The van der Waals surface area contributed by atoms with E-state index in [9.17, 15) is 30.6 Å². The van der Waals surface area contributed by atoms with E-state index >= 15 is 0 Å². The van der Waals surface area contributed by atoms with Gasteiger partial charge in [0, 0.05) is 0 Å². The average molecular weight is 398 g/mol. The first-order chi connectivity index (χ1) is 12.8. The number of hydrogen-bond acceptors (Lipinski definition) is 12. The second kappa shape index (κ2) is 10.2. The number of aliphatic hydroxyl groups excluding tert-OH is 7. The van der Waals surface area contributed by atoms with Crippen molar-refractivity contribution >= 4 is 0 Å². The van der Waals surface area contributed by atoms with E-state index in [1.807, 2.05) is 0 Å². The third-order valence-corrected chi connectivity index (χ3v) is 4.31. The lowest BCUT2D eigenvalue weighted by Gasteiger charge is -2.42. The van der Waals surface area contributed by atoms with Crippen LogP contribution in [-0.4, -0.2) is 117 Å². The molecule has 12 heteroatoms. The highest BCUT2D eigenvalue weighted by atomic mass is 17.2.